The first-order valence-corrected chi connectivity index (χ1v) is 18.3. The smallest absolute Gasteiger partial charge is 0.328 e. The van der Waals surface area contributed by atoms with Gasteiger partial charge in [-0.15, -0.1) is 0 Å². The lowest BCUT2D eigenvalue weighted by atomic mass is 9.90. The molecule has 0 saturated carbocycles. The highest BCUT2D eigenvalue weighted by Gasteiger charge is 2.27. The highest BCUT2D eigenvalue weighted by Crippen LogP contribution is 2.37. The van der Waals surface area contributed by atoms with Crippen LogP contribution in [0.3, 0.4) is 0 Å². The molecule has 56 heavy (non-hydrogen) atoms. The van der Waals surface area contributed by atoms with E-state index in [1.807, 2.05) is 37.2 Å². The lowest BCUT2D eigenvalue weighted by molar-refractivity contribution is -0.120. The number of urea groups is 1. The van der Waals surface area contributed by atoms with Gasteiger partial charge in [0.25, 0.3) is 5.91 Å². The van der Waals surface area contributed by atoms with Gasteiger partial charge in [-0.05, 0) is 73.2 Å². The number of carbonyl (C=O) groups is 3. The number of imidazole rings is 1. The number of hydrogen-bond donors (Lipinski definition) is 2. The lowest BCUT2D eigenvalue weighted by Gasteiger charge is -2.26. The zero-order chi connectivity index (χ0) is 39.1. The van der Waals surface area contributed by atoms with Gasteiger partial charge in [0.2, 0.25) is 5.91 Å². The fraction of sp³-hybridized carbons (Fsp3) is 0.293. The monoisotopic (exact) mass is 753 g/mol. The summed E-state index contributed by atoms with van der Waals surface area (Å²) in [6, 6.07) is 10.9. The zero-order valence-electron chi connectivity index (χ0n) is 31.4. The molecule has 0 spiro atoms. The molecule has 284 valence electrons. The molecule has 6 heterocycles. The topological polar surface area (TPSA) is 170 Å². The summed E-state index contributed by atoms with van der Waals surface area (Å²) in [5.74, 6) is 6.08. The van der Waals surface area contributed by atoms with Crippen molar-refractivity contribution in [3.63, 3.8) is 0 Å². The minimum Gasteiger partial charge on any atom is -0.462 e. The van der Waals surface area contributed by atoms with E-state index in [1.165, 1.54) is 11.2 Å². The van der Waals surface area contributed by atoms with E-state index in [0.29, 0.717) is 52.4 Å². The third-order valence-electron chi connectivity index (χ3n) is 10.5. The number of furan rings is 1. The van der Waals surface area contributed by atoms with E-state index in [9.17, 15) is 19.2 Å². The Morgan fingerprint density at radius 1 is 1.00 bits per heavy atom. The molecular formula is C41H39N9O6. The molecule has 0 aliphatic carbocycles. The molecule has 6 aromatic rings. The number of rotatable bonds is 7. The van der Waals surface area contributed by atoms with Crippen molar-refractivity contribution in [1.29, 1.82) is 0 Å². The Bertz CT molecular complexity index is 2660. The number of hydrogen-bond acceptors (Lipinski definition) is 10. The van der Waals surface area contributed by atoms with Crippen molar-refractivity contribution in [2.45, 2.75) is 32.1 Å². The third-order valence-corrected chi connectivity index (χ3v) is 10.5. The van der Waals surface area contributed by atoms with Gasteiger partial charge in [0.1, 0.15) is 17.5 Å². The fourth-order valence-corrected chi connectivity index (χ4v) is 7.36. The zero-order valence-corrected chi connectivity index (χ0v) is 31.4. The van der Waals surface area contributed by atoms with Gasteiger partial charge < -0.3 is 19.4 Å². The summed E-state index contributed by atoms with van der Waals surface area (Å²) in [4.78, 5) is 67.1. The van der Waals surface area contributed by atoms with Crippen LogP contribution in [0.5, 0.6) is 0 Å². The number of nitrogens with zero attached hydrogens (tertiary/aromatic N) is 7. The Hall–Kier alpha value is -6.79. The molecule has 2 aromatic carbocycles. The molecular weight excluding hydrogens is 715 g/mol. The van der Waals surface area contributed by atoms with E-state index in [2.05, 4.69) is 43.5 Å². The number of benzene rings is 2. The number of fused-ring (bicyclic) bond motifs is 2. The van der Waals surface area contributed by atoms with Crippen LogP contribution in [0, 0.1) is 18.8 Å². The summed E-state index contributed by atoms with van der Waals surface area (Å²) in [6.07, 6.45) is 8.55. The average Bonchev–Trinajstić information content (AvgIpc) is 3.73. The van der Waals surface area contributed by atoms with Crippen molar-refractivity contribution in [2.75, 3.05) is 43.2 Å². The molecule has 2 N–H and O–H groups in total. The van der Waals surface area contributed by atoms with Gasteiger partial charge >= 0.3 is 11.7 Å². The first kappa shape index (κ1) is 36.2. The van der Waals surface area contributed by atoms with Crippen molar-refractivity contribution in [3.05, 3.63) is 94.1 Å². The van der Waals surface area contributed by atoms with Gasteiger partial charge in [-0.2, -0.15) is 0 Å². The normalized spacial score (nSPS) is 14.8. The molecule has 0 atom stereocenters. The number of pyridine rings is 1. The minimum atomic E-state index is -0.498. The molecule has 2 fully saturated rings. The van der Waals surface area contributed by atoms with Gasteiger partial charge in [-0.3, -0.25) is 33.9 Å². The van der Waals surface area contributed by atoms with Crippen molar-refractivity contribution in [2.24, 2.45) is 14.1 Å². The minimum absolute atomic E-state index is 0.0648. The summed E-state index contributed by atoms with van der Waals surface area (Å²) in [5.41, 5.74) is 7.97. The molecule has 0 unspecified atom stereocenters. The van der Waals surface area contributed by atoms with E-state index < -0.39 is 6.03 Å². The van der Waals surface area contributed by atoms with Gasteiger partial charge in [-0.25, -0.2) is 19.6 Å². The maximum Gasteiger partial charge on any atom is 0.328 e. The van der Waals surface area contributed by atoms with Crippen molar-refractivity contribution < 1.29 is 23.5 Å². The number of nitrogens with one attached hydrogen (secondary N) is 2. The molecule has 2 aliphatic heterocycles. The van der Waals surface area contributed by atoms with Crippen molar-refractivity contribution in [1.82, 2.24) is 34.7 Å². The van der Waals surface area contributed by atoms with E-state index in [-0.39, 0.29) is 48.6 Å². The average molecular weight is 754 g/mol. The molecule has 8 rings (SSSR count). The van der Waals surface area contributed by atoms with Gasteiger partial charge in [0.15, 0.2) is 5.82 Å². The van der Waals surface area contributed by atoms with Crippen LogP contribution in [0.2, 0.25) is 0 Å². The number of aromatic nitrogens is 5. The second kappa shape index (κ2) is 14.8. The van der Waals surface area contributed by atoms with Gasteiger partial charge in [-0.1, -0.05) is 11.8 Å². The van der Waals surface area contributed by atoms with Gasteiger partial charge in [0.05, 0.1) is 41.3 Å². The highest BCUT2D eigenvalue weighted by molar-refractivity contribution is 6.09. The first-order chi connectivity index (χ1) is 27.1. The van der Waals surface area contributed by atoms with Crippen molar-refractivity contribution in [3.8, 4) is 23.2 Å². The lowest BCUT2D eigenvalue weighted by Crippen LogP contribution is -2.49. The predicted octanol–water partition coefficient (Wildman–Crippen LogP) is 4.67. The van der Waals surface area contributed by atoms with Gasteiger partial charge in [0, 0.05) is 75.7 Å². The number of carbonyl (C=O) groups excluding carboxylic acids is 3. The molecule has 0 bridgehead atoms. The highest BCUT2D eigenvalue weighted by atomic mass is 16.5. The van der Waals surface area contributed by atoms with E-state index in [4.69, 9.17) is 9.15 Å². The Labute approximate surface area is 321 Å². The first-order valence-electron chi connectivity index (χ1n) is 18.3. The number of ether oxygens (including phenoxy) is 1. The second-order valence-electron chi connectivity index (χ2n) is 14.0. The second-order valence-corrected chi connectivity index (χ2v) is 14.0. The van der Waals surface area contributed by atoms with E-state index in [0.717, 1.165) is 40.8 Å². The summed E-state index contributed by atoms with van der Waals surface area (Å²) < 4.78 is 14.7. The fourth-order valence-electron chi connectivity index (χ4n) is 7.36. The molecule has 2 saturated heterocycles. The van der Waals surface area contributed by atoms with Crippen LogP contribution in [-0.4, -0.2) is 75.3 Å². The Kier molecular flexibility index (Phi) is 9.57. The standard InChI is InChI=1S/C41H39N9O6/c1-24-16-27(20-43-36(24)39(52)42-12-5-6-25-7-8-34-31(17-25)33(23-56-34)50-13-9-35(51)46-40(50)53)38-44-21-29(22-45-38)47(2)28-18-30(26-10-14-55-15-11-26)37-32(19-28)48(3)41(54)49(37)4/h7-8,16-23,26H,9-15H2,1-4H3,(H,42,52)(H,46,51,53). The van der Waals surface area contributed by atoms with Crippen LogP contribution in [0.4, 0.5) is 21.9 Å². The van der Waals surface area contributed by atoms with Crippen LogP contribution in [-0.2, 0) is 23.6 Å². The van der Waals surface area contributed by atoms with Crippen LogP contribution < -0.4 is 26.1 Å². The van der Waals surface area contributed by atoms with Crippen LogP contribution in [0.25, 0.3) is 33.4 Å². The van der Waals surface area contributed by atoms with E-state index >= 15 is 0 Å². The van der Waals surface area contributed by atoms with E-state index in [1.54, 1.807) is 53.8 Å². The number of amides is 4. The quantitative estimate of drug-likeness (QED) is 0.219. The molecule has 15 nitrogen and oxygen atoms in total. The Balaban J connectivity index is 0.937. The SMILES string of the molecule is Cc1cc(-c2ncc(N(C)c3cc(C4CCOCC4)c4c(c3)n(C)c(=O)n4C)cn2)cnc1C(=O)NCC#Cc1ccc2occ(N3CCC(=O)NC3=O)c2c1. The van der Waals surface area contributed by atoms with Crippen molar-refractivity contribution >= 4 is 56.9 Å². The number of aryl methyl sites for hydroxylation is 3. The molecule has 4 amide bonds. The number of imide groups is 1. The molecule has 2 aliphatic rings. The Morgan fingerprint density at radius 3 is 2.54 bits per heavy atom. The third kappa shape index (κ3) is 6.75. The van der Waals surface area contributed by atoms with Crippen LogP contribution in [0.15, 0.2) is 70.5 Å². The van der Waals surface area contributed by atoms with Crippen LogP contribution >= 0.6 is 0 Å². The summed E-state index contributed by atoms with van der Waals surface area (Å²) in [7, 11) is 5.57. The summed E-state index contributed by atoms with van der Waals surface area (Å²) in [6.45, 7) is 3.53. The molecule has 4 aromatic heterocycles. The Morgan fingerprint density at radius 2 is 1.79 bits per heavy atom. The summed E-state index contributed by atoms with van der Waals surface area (Å²) in [5, 5.41) is 5.81. The maximum absolute atomic E-state index is 13.1. The largest absolute Gasteiger partial charge is 0.462 e. The number of anilines is 3. The molecule has 15 heteroatoms. The van der Waals surface area contributed by atoms with Crippen LogP contribution in [0.1, 0.15) is 52.4 Å². The molecule has 0 radical (unpaired) electrons. The summed E-state index contributed by atoms with van der Waals surface area (Å²) >= 11 is 0. The predicted molar refractivity (Wildman–Crippen MR) is 210 cm³/mol. The maximum atomic E-state index is 13.1.